The molecule has 0 atom stereocenters. The van der Waals surface area contributed by atoms with Crippen LogP contribution in [0.25, 0.3) is 0 Å². The van der Waals surface area contributed by atoms with Crippen molar-refractivity contribution in [2.45, 2.75) is 6.04 Å². The molecule has 5 nitrogen and oxygen atoms in total. The number of hydrogen-bond donors (Lipinski definition) is 2. The monoisotopic (exact) mass is 325 g/mol. The fourth-order valence-electron chi connectivity index (χ4n) is 1.82. The van der Waals surface area contributed by atoms with Crippen molar-refractivity contribution in [3.05, 3.63) is 34.3 Å². The number of benzene rings is 1. The Bertz CT molecular complexity index is 489. The minimum absolute atomic E-state index is 0.225. The Hall–Kier alpha value is -1.24. The van der Waals surface area contributed by atoms with Crippen LogP contribution in [0.5, 0.6) is 0 Å². The molecule has 0 bridgehead atoms. The second kappa shape index (κ2) is 6.27. The first-order chi connectivity index (χ1) is 9.08. The van der Waals surface area contributed by atoms with E-state index < -0.39 is 0 Å². The van der Waals surface area contributed by atoms with Gasteiger partial charge in [-0.15, -0.1) is 0 Å². The predicted molar refractivity (Wildman–Crippen MR) is 75.9 cm³/mol. The van der Waals surface area contributed by atoms with Crippen LogP contribution in [0.2, 0.25) is 0 Å². The second-order valence-corrected chi connectivity index (χ2v) is 5.44. The molecule has 0 aromatic heterocycles. The molecule has 0 saturated carbocycles. The molecular weight excluding hydrogens is 310 g/mol. The van der Waals surface area contributed by atoms with Crippen molar-refractivity contribution >= 4 is 27.7 Å². The number of nitrogens with one attached hydrogen (secondary N) is 2. The lowest BCUT2D eigenvalue weighted by atomic mass is 10.1. The van der Waals surface area contributed by atoms with Crippen LogP contribution in [0.15, 0.2) is 28.7 Å². The molecule has 0 spiro atoms. The van der Waals surface area contributed by atoms with Crippen LogP contribution in [-0.2, 0) is 4.79 Å². The highest BCUT2D eigenvalue weighted by Gasteiger charge is 2.23. The maximum atomic E-state index is 11.9. The van der Waals surface area contributed by atoms with Crippen LogP contribution in [0.1, 0.15) is 10.4 Å². The average Bonchev–Trinajstić information content (AvgIpc) is 2.26. The van der Waals surface area contributed by atoms with Crippen LogP contribution >= 0.6 is 15.9 Å². The zero-order chi connectivity index (χ0) is 13.8. The van der Waals surface area contributed by atoms with Gasteiger partial charge in [-0.3, -0.25) is 19.8 Å². The lowest BCUT2D eigenvalue weighted by Gasteiger charge is -2.35. The van der Waals surface area contributed by atoms with E-state index >= 15 is 0 Å². The third-order valence-corrected chi connectivity index (χ3v) is 3.84. The Morgan fingerprint density at radius 2 is 2.11 bits per heavy atom. The van der Waals surface area contributed by atoms with Crippen molar-refractivity contribution in [1.82, 2.24) is 15.5 Å². The Kier molecular flexibility index (Phi) is 4.68. The van der Waals surface area contributed by atoms with Crippen molar-refractivity contribution < 1.29 is 9.59 Å². The summed E-state index contributed by atoms with van der Waals surface area (Å²) in [7, 11) is 1.88. The molecule has 2 N–H and O–H groups in total. The van der Waals surface area contributed by atoms with E-state index in [2.05, 4.69) is 26.6 Å². The average molecular weight is 326 g/mol. The summed E-state index contributed by atoms with van der Waals surface area (Å²) < 4.78 is 0.678. The minimum Gasteiger partial charge on any atom is -0.314 e. The number of hydrogen-bond acceptors (Lipinski definition) is 4. The Balaban J connectivity index is 1.88. The minimum atomic E-state index is -0.377. The molecule has 0 unspecified atom stereocenters. The van der Waals surface area contributed by atoms with Crippen molar-refractivity contribution in [2.75, 3.05) is 26.7 Å². The number of likely N-dealkylation sites (N-methyl/N-ethyl adjacent to an activating group) is 1. The molecule has 1 saturated heterocycles. The molecule has 1 heterocycles. The highest BCUT2D eigenvalue weighted by atomic mass is 79.9. The van der Waals surface area contributed by atoms with Gasteiger partial charge in [0.1, 0.15) is 0 Å². The molecule has 1 aliphatic heterocycles. The Labute approximate surface area is 120 Å². The summed E-state index contributed by atoms with van der Waals surface area (Å²) >= 11 is 3.29. The summed E-state index contributed by atoms with van der Waals surface area (Å²) in [4.78, 5) is 25.6. The van der Waals surface area contributed by atoms with E-state index in [1.165, 1.54) is 0 Å². The number of halogens is 1. The molecule has 2 amide bonds. The van der Waals surface area contributed by atoms with Crippen molar-refractivity contribution in [3.8, 4) is 0 Å². The van der Waals surface area contributed by atoms with Gasteiger partial charge in [-0.2, -0.15) is 0 Å². The van der Waals surface area contributed by atoms with E-state index in [1.807, 2.05) is 18.0 Å². The summed E-state index contributed by atoms with van der Waals surface area (Å²) in [6.45, 7) is 2.01. The van der Waals surface area contributed by atoms with Crippen LogP contribution in [0.4, 0.5) is 0 Å². The maximum Gasteiger partial charge on any atom is 0.259 e. The van der Waals surface area contributed by atoms with E-state index in [0.29, 0.717) is 16.1 Å². The smallest absolute Gasteiger partial charge is 0.259 e. The van der Waals surface area contributed by atoms with Crippen LogP contribution in [0.3, 0.4) is 0 Å². The molecule has 1 aromatic carbocycles. The molecule has 6 heteroatoms. The Morgan fingerprint density at radius 1 is 1.42 bits per heavy atom. The van der Waals surface area contributed by atoms with E-state index in [4.69, 9.17) is 0 Å². The molecule has 0 aliphatic carbocycles. The third kappa shape index (κ3) is 3.62. The summed E-state index contributed by atoms with van der Waals surface area (Å²) in [6.07, 6.45) is 0. The molecule has 19 heavy (non-hydrogen) atoms. The van der Waals surface area contributed by atoms with Gasteiger partial charge in [0.2, 0.25) is 5.91 Å². The van der Waals surface area contributed by atoms with Crippen LogP contribution < -0.4 is 10.6 Å². The summed E-state index contributed by atoms with van der Waals surface area (Å²) in [5.41, 5.74) is 0.462. The number of amides is 2. The lowest BCUT2D eigenvalue weighted by Crippen LogP contribution is -2.57. The standard InChI is InChI=1S/C13H16BrN3O2/c1-17(9-6-15-7-9)8-12(18)16-13(19)10-4-2-3-5-11(10)14/h2-5,9,15H,6-8H2,1H3,(H,16,18,19). The largest absolute Gasteiger partial charge is 0.314 e. The molecular formula is C13H16BrN3O2. The van der Waals surface area contributed by atoms with Gasteiger partial charge in [0, 0.05) is 23.6 Å². The van der Waals surface area contributed by atoms with E-state index in [0.717, 1.165) is 13.1 Å². The Morgan fingerprint density at radius 3 is 2.68 bits per heavy atom. The van der Waals surface area contributed by atoms with Gasteiger partial charge in [-0.25, -0.2) is 0 Å². The highest BCUT2D eigenvalue weighted by Crippen LogP contribution is 2.15. The van der Waals surface area contributed by atoms with Crippen molar-refractivity contribution in [3.63, 3.8) is 0 Å². The molecule has 2 rings (SSSR count). The molecule has 1 aromatic rings. The first kappa shape index (κ1) is 14.2. The van der Waals surface area contributed by atoms with E-state index in [9.17, 15) is 9.59 Å². The van der Waals surface area contributed by atoms with Gasteiger partial charge in [0.05, 0.1) is 12.1 Å². The van der Waals surface area contributed by atoms with Crippen LogP contribution in [-0.4, -0.2) is 49.4 Å². The number of carbonyl (C=O) groups is 2. The molecule has 102 valence electrons. The maximum absolute atomic E-state index is 11.9. The number of imide groups is 1. The van der Waals surface area contributed by atoms with Gasteiger partial charge in [-0.05, 0) is 35.1 Å². The van der Waals surface area contributed by atoms with Gasteiger partial charge in [0.15, 0.2) is 0 Å². The first-order valence-corrected chi connectivity index (χ1v) is 6.87. The summed E-state index contributed by atoms with van der Waals surface area (Å²) in [5, 5.41) is 5.54. The zero-order valence-corrected chi connectivity index (χ0v) is 12.2. The third-order valence-electron chi connectivity index (χ3n) is 3.15. The van der Waals surface area contributed by atoms with Gasteiger partial charge < -0.3 is 5.32 Å². The highest BCUT2D eigenvalue weighted by molar-refractivity contribution is 9.10. The summed E-state index contributed by atoms with van der Waals surface area (Å²) in [6, 6.07) is 7.40. The SMILES string of the molecule is CN(CC(=O)NC(=O)c1ccccc1Br)C1CNC1. The topological polar surface area (TPSA) is 61.4 Å². The van der Waals surface area contributed by atoms with Gasteiger partial charge in [0.25, 0.3) is 5.91 Å². The summed E-state index contributed by atoms with van der Waals surface area (Å²) in [5.74, 6) is -0.659. The number of rotatable bonds is 4. The van der Waals surface area contributed by atoms with Crippen molar-refractivity contribution in [1.29, 1.82) is 0 Å². The number of carbonyl (C=O) groups excluding carboxylic acids is 2. The van der Waals surface area contributed by atoms with Gasteiger partial charge >= 0.3 is 0 Å². The van der Waals surface area contributed by atoms with Crippen LogP contribution in [0, 0.1) is 0 Å². The fraction of sp³-hybridized carbons (Fsp3) is 0.385. The fourth-order valence-corrected chi connectivity index (χ4v) is 2.28. The predicted octanol–water partition coefficient (Wildman–Crippen LogP) is 0.609. The zero-order valence-electron chi connectivity index (χ0n) is 10.6. The molecule has 1 aliphatic rings. The lowest BCUT2D eigenvalue weighted by molar-refractivity contribution is -0.121. The van der Waals surface area contributed by atoms with Gasteiger partial charge in [-0.1, -0.05) is 12.1 Å². The molecule has 0 radical (unpaired) electrons. The molecule has 1 fully saturated rings. The van der Waals surface area contributed by atoms with Crippen molar-refractivity contribution in [2.24, 2.45) is 0 Å². The van der Waals surface area contributed by atoms with E-state index in [1.54, 1.807) is 18.2 Å². The van der Waals surface area contributed by atoms with E-state index in [-0.39, 0.29) is 18.4 Å². The normalized spacial score (nSPS) is 15.1. The quantitative estimate of drug-likeness (QED) is 0.851. The first-order valence-electron chi connectivity index (χ1n) is 6.07. The second-order valence-electron chi connectivity index (χ2n) is 4.58. The number of nitrogens with zero attached hydrogens (tertiary/aromatic N) is 1.